The molecule has 2 unspecified atom stereocenters. The van der Waals surface area contributed by atoms with Crippen molar-refractivity contribution in [2.75, 3.05) is 41.4 Å². The van der Waals surface area contributed by atoms with Crippen LogP contribution in [0.3, 0.4) is 0 Å². The molecule has 2 amide bonds. The fraction of sp³-hybridized carbons (Fsp3) is 0.308. The first-order valence-corrected chi connectivity index (χ1v) is 12.1. The van der Waals surface area contributed by atoms with Gasteiger partial charge in [-0.05, 0) is 54.8 Å². The number of anilines is 3. The van der Waals surface area contributed by atoms with E-state index in [0.717, 1.165) is 53.8 Å². The molecule has 1 N–H and O–H groups in total. The Labute approximate surface area is 197 Å². The SMILES string of the molecule is Cc1ccc(N2C(=O)CC(C(=O)Nc3ccc(N4CCOCC4)cc3)C2c2cccs2)cc1. The van der Waals surface area contributed by atoms with Crippen LogP contribution in [0.25, 0.3) is 0 Å². The fourth-order valence-electron chi connectivity index (χ4n) is 4.58. The summed E-state index contributed by atoms with van der Waals surface area (Å²) in [5, 5.41) is 5.04. The quantitative estimate of drug-likeness (QED) is 0.602. The van der Waals surface area contributed by atoms with Crippen molar-refractivity contribution in [2.24, 2.45) is 5.92 Å². The zero-order chi connectivity index (χ0) is 22.8. The van der Waals surface area contributed by atoms with Crippen molar-refractivity contribution in [1.82, 2.24) is 0 Å². The first-order valence-electron chi connectivity index (χ1n) is 11.3. The summed E-state index contributed by atoms with van der Waals surface area (Å²) in [6.07, 6.45) is 0.189. The van der Waals surface area contributed by atoms with Gasteiger partial charge in [-0.3, -0.25) is 9.59 Å². The van der Waals surface area contributed by atoms with Crippen molar-refractivity contribution in [3.8, 4) is 0 Å². The molecule has 2 aromatic carbocycles. The molecule has 2 atom stereocenters. The van der Waals surface area contributed by atoms with E-state index in [9.17, 15) is 9.59 Å². The van der Waals surface area contributed by atoms with E-state index in [1.807, 2.05) is 73.0 Å². The normalized spacial score (nSPS) is 20.8. The van der Waals surface area contributed by atoms with E-state index in [1.54, 1.807) is 16.2 Å². The summed E-state index contributed by atoms with van der Waals surface area (Å²) < 4.78 is 5.42. The molecular weight excluding hydrogens is 434 g/mol. The Kier molecular flexibility index (Phi) is 6.15. The lowest BCUT2D eigenvalue weighted by molar-refractivity contribution is -0.122. The van der Waals surface area contributed by atoms with Crippen molar-refractivity contribution < 1.29 is 14.3 Å². The number of thiophene rings is 1. The maximum atomic E-state index is 13.4. The third kappa shape index (κ3) is 4.51. The molecule has 1 aromatic heterocycles. The van der Waals surface area contributed by atoms with Crippen LogP contribution in [0, 0.1) is 12.8 Å². The van der Waals surface area contributed by atoms with Crippen molar-refractivity contribution >= 4 is 40.2 Å². The van der Waals surface area contributed by atoms with Crippen LogP contribution < -0.4 is 15.1 Å². The number of rotatable bonds is 5. The second-order valence-corrected chi connectivity index (χ2v) is 9.48. The number of nitrogens with one attached hydrogen (secondary N) is 1. The highest BCUT2D eigenvalue weighted by Crippen LogP contribution is 2.43. The number of morpholine rings is 1. The maximum absolute atomic E-state index is 13.4. The Hall–Kier alpha value is -3.16. The molecule has 33 heavy (non-hydrogen) atoms. The van der Waals surface area contributed by atoms with Crippen molar-refractivity contribution in [3.63, 3.8) is 0 Å². The highest BCUT2D eigenvalue weighted by Gasteiger charge is 2.45. The molecule has 6 nitrogen and oxygen atoms in total. The second-order valence-electron chi connectivity index (χ2n) is 8.51. The number of nitrogens with zero attached hydrogens (tertiary/aromatic N) is 2. The summed E-state index contributed by atoms with van der Waals surface area (Å²) in [4.78, 5) is 31.5. The average molecular weight is 462 g/mol. The largest absolute Gasteiger partial charge is 0.378 e. The molecule has 2 saturated heterocycles. The van der Waals surface area contributed by atoms with Crippen molar-refractivity contribution in [1.29, 1.82) is 0 Å². The number of carbonyl (C=O) groups excluding carboxylic acids is 2. The summed E-state index contributed by atoms with van der Waals surface area (Å²) in [6.45, 7) is 5.22. The van der Waals surface area contributed by atoms with Gasteiger partial charge < -0.3 is 19.9 Å². The summed E-state index contributed by atoms with van der Waals surface area (Å²) in [5.41, 5.74) is 3.82. The van der Waals surface area contributed by atoms with Crippen LogP contribution in [0.1, 0.15) is 22.9 Å². The van der Waals surface area contributed by atoms with Gasteiger partial charge in [-0.25, -0.2) is 0 Å². The summed E-state index contributed by atoms with van der Waals surface area (Å²) >= 11 is 1.58. The molecule has 7 heteroatoms. The molecule has 0 spiro atoms. The van der Waals surface area contributed by atoms with Crippen LogP contribution in [-0.4, -0.2) is 38.1 Å². The second kappa shape index (κ2) is 9.37. The van der Waals surface area contributed by atoms with Crippen LogP contribution in [0.5, 0.6) is 0 Å². The summed E-state index contributed by atoms with van der Waals surface area (Å²) in [6, 6.07) is 19.5. The van der Waals surface area contributed by atoms with E-state index in [1.165, 1.54) is 0 Å². The van der Waals surface area contributed by atoms with Gasteiger partial charge in [0, 0.05) is 41.4 Å². The highest BCUT2D eigenvalue weighted by atomic mass is 32.1. The molecule has 5 rings (SSSR count). The van der Waals surface area contributed by atoms with Gasteiger partial charge in [0.05, 0.1) is 25.2 Å². The van der Waals surface area contributed by atoms with Gasteiger partial charge >= 0.3 is 0 Å². The molecular formula is C26H27N3O3S. The lowest BCUT2D eigenvalue weighted by Gasteiger charge is -2.29. The smallest absolute Gasteiger partial charge is 0.230 e. The highest BCUT2D eigenvalue weighted by molar-refractivity contribution is 7.10. The van der Waals surface area contributed by atoms with E-state index < -0.39 is 5.92 Å². The Morgan fingerprint density at radius 1 is 1.00 bits per heavy atom. The Bertz CT molecular complexity index is 1110. The molecule has 2 aliphatic rings. The molecule has 3 aromatic rings. The van der Waals surface area contributed by atoms with Gasteiger partial charge in [-0.1, -0.05) is 23.8 Å². The number of benzene rings is 2. The number of hydrogen-bond donors (Lipinski definition) is 1. The Morgan fingerprint density at radius 2 is 1.70 bits per heavy atom. The summed E-state index contributed by atoms with van der Waals surface area (Å²) in [7, 11) is 0. The average Bonchev–Trinajstić information content (AvgIpc) is 3.48. The van der Waals surface area contributed by atoms with E-state index in [-0.39, 0.29) is 24.3 Å². The van der Waals surface area contributed by atoms with Gasteiger partial charge in [-0.2, -0.15) is 0 Å². The molecule has 0 saturated carbocycles. The molecule has 170 valence electrons. The third-order valence-corrected chi connectivity index (χ3v) is 7.26. The third-order valence-electron chi connectivity index (χ3n) is 6.32. The first kappa shape index (κ1) is 21.7. The van der Waals surface area contributed by atoms with Crippen LogP contribution in [0.4, 0.5) is 17.1 Å². The molecule has 0 bridgehead atoms. The minimum atomic E-state index is -0.462. The zero-order valence-electron chi connectivity index (χ0n) is 18.6. The fourth-order valence-corrected chi connectivity index (χ4v) is 5.46. The van der Waals surface area contributed by atoms with Gasteiger partial charge in [0.2, 0.25) is 11.8 Å². The van der Waals surface area contributed by atoms with Crippen LogP contribution in [0.15, 0.2) is 66.0 Å². The van der Waals surface area contributed by atoms with Crippen molar-refractivity contribution in [3.05, 3.63) is 76.5 Å². The molecule has 2 aliphatic heterocycles. The number of hydrogen-bond acceptors (Lipinski definition) is 5. The molecule has 0 radical (unpaired) electrons. The van der Waals surface area contributed by atoms with Gasteiger partial charge in [0.15, 0.2) is 0 Å². The minimum Gasteiger partial charge on any atom is -0.378 e. The zero-order valence-corrected chi connectivity index (χ0v) is 19.4. The van der Waals surface area contributed by atoms with Gasteiger partial charge in [0.1, 0.15) is 0 Å². The van der Waals surface area contributed by atoms with Gasteiger partial charge in [0.25, 0.3) is 0 Å². The number of ether oxygens (including phenoxy) is 1. The number of carbonyl (C=O) groups is 2. The van der Waals surface area contributed by atoms with Gasteiger partial charge in [-0.15, -0.1) is 11.3 Å². The van der Waals surface area contributed by atoms with Crippen LogP contribution >= 0.6 is 11.3 Å². The lowest BCUT2D eigenvalue weighted by atomic mass is 9.97. The standard InChI is InChI=1S/C26H27N3O3S/c1-18-4-8-21(9-5-18)29-24(30)17-22(25(29)23-3-2-16-33-23)26(31)27-19-6-10-20(11-7-19)28-12-14-32-15-13-28/h2-11,16,22,25H,12-15,17H2,1H3,(H,27,31). The summed E-state index contributed by atoms with van der Waals surface area (Å²) in [5.74, 6) is -0.619. The molecule has 3 heterocycles. The van der Waals surface area contributed by atoms with Crippen LogP contribution in [-0.2, 0) is 14.3 Å². The molecule has 0 aliphatic carbocycles. The first-order chi connectivity index (χ1) is 16.1. The van der Waals surface area contributed by atoms with E-state index >= 15 is 0 Å². The Balaban J connectivity index is 1.36. The molecule has 2 fully saturated rings. The minimum absolute atomic E-state index is 0.0277. The predicted octanol–water partition coefficient (Wildman–Crippen LogP) is 4.63. The Morgan fingerprint density at radius 3 is 2.36 bits per heavy atom. The van der Waals surface area contributed by atoms with E-state index in [2.05, 4.69) is 10.2 Å². The lowest BCUT2D eigenvalue weighted by Crippen LogP contribution is -2.36. The van der Waals surface area contributed by atoms with Crippen molar-refractivity contribution in [2.45, 2.75) is 19.4 Å². The predicted molar refractivity (Wildman–Crippen MR) is 132 cm³/mol. The monoisotopic (exact) mass is 461 g/mol. The maximum Gasteiger partial charge on any atom is 0.230 e. The number of aryl methyl sites for hydroxylation is 1. The number of amides is 2. The topological polar surface area (TPSA) is 61.9 Å². The van der Waals surface area contributed by atoms with E-state index in [0.29, 0.717) is 0 Å². The van der Waals surface area contributed by atoms with Crippen LogP contribution in [0.2, 0.25) is 0 Å². The van der Waals surface area contributed by atoms with E-state index in [4.69, 9.17) is 4.74 Å².